The minimum atomic E-state index is -0.420. The number of nitrogens with zero attached hydrogens (tertiary/aromatic N) is 2. The van der Waals surface area contributed by atoms with Crippen molar-refractivity contribution in [2.45, 2.75) is 20.0 Å². The van der Waals surface area contributed by atoms with Gasteiger partial charge in [0.1, 0.15) is 0 Å². The van der Waals surface area contributed by atoms with Crippen LogP contribution in [0.5, 0.6) is 0 Å². The quantitative estimate of drug-likeness (QED) is 0.678. The molecule has 0 unspecified atom stereocenters. The molecule has 0 saturated carbocycles. The van der Waals surface area contributed by atoms with Crippen LogP contribution in [0.1, 0.15) is 16.8 Å². The number of nitrogens with one attached hydrogen (secondary N) is 1. The van der Waals surface area contributed by atoms with E-state index in [1.54, 1.807) is 18.3 Å². The van der Waals surface area contributed by atoms with Gasteiger partial charge in [-0.3, -0.25) is 15.1 Å². The Hall–Kier alpha value is -1.98. The van der Waals surface area contributed by atoms with Crippen LogP contribution in [0.25, 0.3) is 0 Å². The van der Waals surface area contributed by atoms with Crippen LogP contribution in [0.3, 0.4) is 0 Å². The predicted octanol–water partition coefficient (Wildman–Crippen LogP) is 3.24. The molecule has 2 rings (SSSR count). The van der Waals surface area contributed by atoms with E-state index in [4.69, 9.17) is 11.6 Å². The summed E-state index contributed by atoms with van der Waals surface area (Å²) < 4.78 is 0. The standard InChI is InChI=1S/C14H14ClN3O2/c1-10-2-3-11(8-17-10)7-16-9-12-4-5-13(15)6-14(12)18(19)20/h2-6,8,16H,7,9H2,1H3. The summed E-state index contributed by atoms with van der Waals surface area (Å²) in [5, 5.41) is 14.5. The predicted molar refractivity (Wildman–Crippen MR) is 77.6 cm³/mol. The maximum Gasteiger partial charge on any atom is 0.275 e. The van der Waals surface area contributed by atoms with Gasteiger partial charge in [-0.2, -0.15) is 0 Å². The highest BCUT2D eigenvalue weighted by atomic mass is 35.5. The van der Waals surface area contributed by atoms with E-state index in [1.807, 2.05) is 19.1 Å². The number of hydrogen-bond acceptors (Lipinski definition) is 4. The van der Waals surface area contributed by atoms with E-state index in [9.17, 15) is 10.1 Å². The molecule has 0 bridgehead atoms. The highest BCUT2D eigenvalue weighted by Crippen LogP contribution is 2.23. The van der Waals surface area contributed by atoms with Gasteiger partial charge in [0, 0.05) is 41.6 Å². The molecule has 1 aromatic carbocycles. The molecule has 0 aliphatic heterocycles. The van der Waals surface area contributed by atoms with Crippen molar-refractivity contribution in [3.63, 3.8) is 0 Å². The van der Waals surface area contributed by atoms with E-state index in [0.29, 0.717) is 23.7 Å². The number of rotatable bonds is 5. The average molecular weight is 292 g/mol. The summed E-state index contributed by atoms with van der Waals surface area (Å²) in [6, 6.07) is 8.60. The Morgan fingerprint density at radius 1 is 1.30 bits per heavy atom. The van der Waals surface area contributed by atoms with Crippen LogP contribution in [-0.2, 0) is 13.1 Å². The summed E-state index contributed by atoms with van der Waals surface area (Å²) in [6.45, 7) is 2.93. The zero-order chi connectivity index (χ0) is 14.5. The first-order valence-electron chi connectivity index (χ1n) is 6.11. The number of halogens is 1. The van der Waals surface area contributed by atoms with Gasteiger partial charge in [-0.1, -0.05) is 17.7 Å². The molecule has 2 aromatic rings. The molecule has 5 nitrogen and oxygen atoms in total. The average Bonchev–Trinajstić information content (AvgIpc) is 2.42. The van der Waals surface area contributed by atoms with Crippen LogP contribution >= 0.6 is 11.6 Å². The molecule has 20 heavy (non-hydrogen) atoms. The lowest BCUT2D eigenvalue weighted by Crippen LogP contribution is -2.14. The van der Waals surface area contributed by atoms with E-state index in [1.165, 1.54) is 6.07 Å². The third-order valence-corrected chi connectivity index (χ3v) is 3.10. The molecule has 0 radical (unpaired) electrons. The van der Waals surface area contributed by atoms with Gasteiger partial charge in [0.2, 0.25) is 0 Å². The zero-order valence-electron chi connectivity index (χ0n) is 11.0. The summed E-state index contributed by atoms with van der Waals surface area (Å²) in [6.07, 6.45) is 1.79. The fourth-order valence-corrected chi connectivity index (χ4v) is 1.97. The summed E-state index contributed by atoms with van der Waals surface area (Å²) in [5.41, 5.74) is 2.64. The van der Waals surface area contributed by atoms with Gasteiger partial charge in [-0.05, 0) is 30.7 Å². The number of benzene rings is 1. The maximum atomic E-state index is 11.0. The maximum absolute atomic E-state index is 11.0. The Labute approximate surface area is 121 Å². The number of pyridine rings is 1. The number of hydrogen-bond donors (Lipinski definition) is 1. The highest BCUT2D eigenvalue weighted by molar-refractivity contribution is 6.30. The minimum Gasteiger partial charge on any atom is -0.308 e. The molecule has 0 aliphatic rings. The highest BCUT2D eigenvalue weighted by Gasteiger charge is 2.13. The van der Waals surface area contributed by atoms with Crippen LogP contribution in [-0.4, -0.2) is 9.91 Å². The molecule has 1 aromatic heterocycles. The van der Waals surface area contributed by atoms with Crippen LogP contribution in [0, 0.1) is 17.0 Å². The largest absolute Gasteiger partial charge is 0.308 e. The lowest BCUT2D eigenvalue weighted by atomic mass is 10.1. The van der Waals surface area contributed by atoms with E-state index in [-0.39, 0.29) is 5.69 Å². The normalized spacial score (nSPS) is 10.5. The second kappa shape index (κ2) is 6.45. The summed E-state index contributed by atoms with van der Waals surface area (Å²) >= 11 is 5.77. The van der Waals surface area contributed by atoms with Crippen molar-refractivity contribution in [2.75, 3.05) is 0 Å². The first kappa shape index (κ1) is 14.4. The van der Waals surface area contributed by atoms with Crippen LogP contribution in [0.2, 0.25) is 5.02 Å². The zero-order valence-corrected chi connectivity index (χ0v) is 11.7. The molecule has 0 atom stereocenters. The molecule has 1 heterocycles. The smallest absolute Gasteiger partial charge is 0.275 e. The van der Waals surface area contributed by atoms with Gasteiger partial charge in [0.15, 0.2) is 0 Å². The fourth-order valence-electron chi connectivity index (χ4n) is 1.80. The number of aryl methyl sites for hydroxylation is 1. The molecule has 0 amide bonds. The molecule has 0 saturated heterocycles. The van der Waals surface area contributed by atoms with E-state index < -0.39 is 4.92 Å². The van der Waals surface area contributed by atoms with Crippen LogP contribution < -0.4 is 5.32 Å². The van der Waals surface area contributed by atoms with Gasteiger partial charge in [0.05, 0.1) is 4.92 Å². The molecule has 0 spiro atoms. The third kappa shape index (κ3) is 3.76. The minimum absolute atomic E-state index is 0.0343. The third-order valence-electron chi connectivity index (χ3n) is 2.86. The molecule has 104 valence electrons. The Morgan fingerprint density at radius 3 is 2.75 bits per heavy atom. The van der Waals surface area contributed by atoms with Gasteiger partial charge in [-0.15, -0.1) is 0 Å². The Morgan fingerprint density at radius 2 is 2.10 bits per heavy atom. The number of nitro groups is 1. The topological polar surface area (TPSA) is 68.1 Å². The molecular formula is C14H14ClN3O2. The second-order valence-electron chi connectivity index (χ2n) is 4.44. The summed E-state index contributed by atoms with van der Waals surface area (Å²) in [7, 11) is 0. The Kier molecular flexibility index (Phi) is 4.65. The Bertz CT molecular complexity index is 614. The molecule has 0 aliphatic carbocycles. The van der Waals surface area contributed by atoms with Crippen molar-refractivity contribution in [3.05, 3.63) is 68.5 Å². The monoisotopic (exact) mass is 291 g/mol. The lowest BCUT2D eigenvalue weighted by molar-refractivity contribution is -0.385. The summed E-state index contributed by atoms with van der Waals surface area (Å²) in [4.78, 5) is 14.7. The van der Waals surface area contributed by atoms with Crippen LogP contribution in [0.15, 0.2) is 36.5 Å². The van der Waals surface area contributed by atoms with Crippen molar-refractivity contribution < 1.29 is 4.92 Å². The van der Waals surface area contributed by atoms with E-state index in [0.717, 1.165) is 11.3 Å². The molecule has 1 N–H and O–H groups in total. The SMILES string of the molecule is Cc1ccc(CNCc2ccc(Cl)cc2[N+](=O)[O-])cn1. The number of nitro benzene ring substituents is 1. The van der Waals surface area contributed by atoms with Crippen LogP contribution in [0.4, 0.5) is 5.69 Å². The van der Waals surface area contributed by atoms with Crippen molar-refractivity contribution in [2.24, 2.45) is 0 Å². The van der Waals surface area contributed by atoms with Gasteiger partial charge < -0.3 is 5.32 Å². The van der Waals surface area contributed by atoms with Gasteiger partial charge in [0.25, 0.3) is 5.69 Å². The van der Waals surface area contributed by atoms with E-state index >= 15 is 0 Å². The van der Waals surface area contributed by atoms with Gasteiger partial charge >= 0.3 is 0 Å². The fraction of sp³-hybridized carbons (Fsp3) is 0.214. The first-order chi connectivity index (χ1) is 9.56. The molecule has 6 heteroatoms. The van der Waals surface area contributed by atoms with Crippen molar-refractivity contribution in [1.82, 2.24) is 10.3 Å². The van der Waals surface area contributed by atoms with Crippen molar-refractivity contribution >= 4 is 17.3 Å². The summed E-state index contributed by atoms with van der Waals surface area (Å²) in [5.74, 6) is 0. The Balaban J connectivity index is 2.00. The van der Waals surface area contributed by atoms with Crippen molar-refractivity contribution in [3.8, 4) is 0 Å². The van der Waals surface area contributed by atoms with Crippen molar-refractivity contribution in [1.29, 1.82) is 0 Å². The van der Waals surface area contributed by atoms with Gasteiger partial charge in [-0.25, -0.2) is 0 Å². The second-order valence-corrected chi connectivity index (χ2v) is 4.88. The molecule has 0 fully saturated rings. The van der Waals surface area contributed by atoms with E-state index in [2.05, 4.69) is 10.3 Å². The molecular weight excluding hydrogens is 278 g/mol. The number of aromatic nitrogens is 1. The first-order valence-corrected chi connectivity index (χ1v) is 6.49. The lowest BCUT2D eigenvalue weighted by Gasteiger charge is -2.06.